The number of hydrogen-bond acceptors (Lipinski definition) is 5. The fourth-order valence-corrected chi connectivity index (χ4v) is 1.89. The number of nitrogens with zero attached hydrogens (tertiary/aromatic N) is 3. The molecular formula is C9H15FN4S. The molecular weight excluding hydrogens is 215 g/mol. The third-order valence-corrected chi connectivity index (χ3v) is 2.66. The maximum atomic E-state index is 13.2. The van der Waals surface area contributed by atoms with Crippen LogP contribution < -0.4 is 5.32 Å². The summed E-state index contributed by atoms with van der Waals surface area (Å²) in [6.45, 7) is 0.892. The molecule has 0 unspecified atom stereocenters. The van der Waals surface area contributed by atoms with Crippen LogP contribution in [0.1, 0.15) is 0 Å². The topological polar surface area (TPSA) is 41.1 Å². The quantitative estimate of drug-likeness (QED) is 0.610. The summed E-state index contributed by atoms with van der Waals surface area (Å²) in [5.41, 5.74) is 0. The van der Waals surface area contributed by atoms with Gasteiger partial charge in [0.1, 0.15) is 5.03 Å². The van der Waals surface area contributed by atoms with Gasteiger partial charge in [0, 0.05) is 19.3 Å². The van der Waals surface area contributed by atoms with E-state index in [0.29, 0.717) is 11.0 Å². The molecule has 4 nitrogen and oxygen atoms in total. The van der Waals surface area contributed by atoms with E-state index >= 15 is 0 Å². The molecule has 0 saturated heterocycles. The molecule has 0 aliphatic carbocycles. The normalized spacial score (nSPS) is 10.7. The number of anilines is 1. The second-order valence-electron chi connectivity index (χ2n) is 3.25. The highest BCUT2D eigenvalue weighted by Crippen LogP contribution is 2.19. The van der Waals surface area contributed by atoms with Gasteiger partial charge in [0.15, 0.2) is 5.82 Å². The molecule has 84 valence electrons. The Kier molecular flexibility index (Phi) is 4.77. The zero-order valence-electron chi connectivity index (χ0n) is 9.12. The smallest absolute Gasteiger partial charge is 0.223 e. The van der Waals surface area contributed by atoms with Gasteiger partial charge in [0.05, 0.1) is 6.20 Å². The van der Waals surface area contributed by atoms with E-state index in [1.54, 1.807) is 7.05 Å². The molecule has 0 bridgehead atoms. The van der Waals surface area contributed by atoms with E-state index in [9.17, 15) is 4.39 Å². The van der Waals surface area contributed by atoms with Gasteiger partial charge in [0.25, 0.3) is 0 Å². The Morgan fingerprint density at radius 1 is 1.53 bits per heavy atom. The molecule has 0 amide bonds. The Labute approximate surface area is 93.3 Å². The van der Waals surface area contributed by atoms with Crippen molar-refractivity contribution in [2.24, 2.45) is 0 Å². The van der Waals surface area contributed by atoms with Gasteiger partial charge in [-0.3, -0.25) is 0 Å². The minimum Gasteiger partial charge on any atom is -0.357 e. The first-order chi connectivity index (χ1) is 7.13. The summed E-state index contributed by atoms with van der Waals surface area (Å²) >= 11 is 1.40. The summed E-state index contributed by atoms with van der Waals surface area (Å²) in [4.78, 5) is 9.86. The average molecular weight is 230 g/mol. The first-order valence-electron chi connectivity index (χ1n) is 4.61. The van der Waals surface area contributed by atoms with E-state index in [1.807, 2.05) is 19.0 Å². The Morgan fingerprint density at radius 3 is 2.87 bits per heavy atom. The highest BCUT2D eigenvalue weighted by Gasteiger charge is 2.06. The van der Waals surface area contributed by atoms with E-state index in [0.717, 1.165) is 12.3 Å². The molecule has 15 heavy (non-hydrogen) atoms. The standard InChI is InChI=1S/C9H15FN4S/c1-11-9-12-6-7(10)8(13-9)15-5-4-14(2)3/h6H,4-5H2,1-3H3,(H,11,12,13). The molecule has 0 saturated carbocycles. The van der Waals surface area contributed by atoms with Crippen molar-refractivity contribution >= 4 is 17.7 Å². The number of aromatic nitrogens is 2. The Balaban J connectivity index is 2.59. The van der Waals surface area contributed by atoms with Crippen LogP contribution in [0.3, 0.4) is 0 Å². The highest BCUT2D eigenvalue weighted by atomic mass is 32.2. The van der Waals surface area contributed by atoms with Crippen LogP contribution in [-0.4, -0.2) is 48.3 Å². The van der Waals surface area contributed by atoms with Crippen molar-refractivity contribution < 1.29 is 4.39 Å². The van der Waals surface area contributed by atoms with Crippen LogP contribution in [0.5, 0.6) is 0 Å². The van der Waals surface area contributed by atoms with E-state index in [2.05, 4.69) is 15.3 Å². The van der Waals surface area contributed by atoms with Gasteiger partial charge >= 0.3 is 0 Å². The molecule has 1 N–H and O–H groups in total. The predicted molar refractivity (Wildman–Crippen MR) is 60.8 cm³/mol. The average Bonchev–Trinajstić information content (AvgIpc) is 2.20. The van der Waals surface area contributed by atoms with E-state index < -0.39 is 0 Å². The molecule has 1 heterocycles. The van der Waals surface area contributed by atoms with Crippen LogP contribution in [0.2, 0.25) is 0 Å². The lowest BCUT2D eigenvalue weighted by atomic mass is 10.6. The lowest BCUT2D eigenvalue weighted by molar-refractivity contribution is 0.437. The van der Waals surface area contributed by atoms with Crippen LogP contribution in [0, 0.1) is 5.82 Å². The summed E-state index contributed by atoms with van der Waals surface area (Å²) in [5, 5.41) is 3.18. The van der Waals surface area contributed by atoms with Crippen molar-refractivity contribution in [1.82, 2.24) is 14.9 Å². The predicted octanol–water partition coefficient (Wildman–Crippen LogP) is 1.31. The second kappa shape index (κ2) is 5.87. The summed E-state index contributed by atoms with van der Waals surface area (Å²) < 4.78 is 13.2. The minimum atomic E-state index is -0.363. The van der Waals surface area contributed by atoms with E-state index in [-0.39, 0.29) is 5.82 Å². The van der Waals surface area contributed by atoms with Crippen LogP contribution in [0.25, 0.3) is 0 Å². The van der Waals surface area contributed by atoms with Crippen LogP contribution in [0.15, 0.2) is 11.2 Å². The van der Waals surface area contributed by atoms with Gasteiger partial charge < -0.3 is 10.2 Å². The van der Waals surface area contributed by atoms with E-state index in [1.165, 1.54) is 18.0 Å². The number of thioether (sulfide) groups is 1. The van der Waals surface area contributed by atoms with Crippen molar-refractivity contribution in [3.63, 3.8) is 0 Å². The molecule has 0 radical (unpaired) electrons. The second-order valence-corrected chi connectivity index (χ2v) is 4.33. The zero-order chi connectivity index (χ0) is 11.3. The van der Waals surface area contributed by atoms with Crippen LogP contribution in [0.4, 0.5) is 10.3 Å². The van der Waals surface area contributed by atoms with Gasteiger partial charge in [-0.05, 0) is 14.1 Å². The monoisotopic (exact) mass is 230 g/mol. The molecule has 1 aromatic heterocycles. The number of nitrogens with one attached hydrogen (secondary N) is 1. The lowest BCUT2D eigenvalue weighted by Gasteiger charge is -2.08. The molecule has 0 aliphatic heterocycles. The highest BCUT2D eigenvalue weighted by molar-refractivity contribution is 7.99. The molecule has 0 spiro atoms. The van der Waals surface area contributed by atoms with Crippen molar-refractivity contribution in [3.05, 3.63) is 12.0 Å². The Bertz CT molecular complexity index is 319. The largest absolute Gasteiger partial charge is 0.357 e. The van der Waals surface area contributed by atoms with Crippen molar-refractivity contribution in [1.29, 1.82) is 0 Å². The van der Waals surface area contributed by atoms with Crippen molar-refractivity contribution in [3.8, 4) is 0 Å². The third kappa shape index (κ3) is 4.01. The maximum absolute atomic E-state index is 13.2. The van der Waals surface area contributed by atoms with Gasteiger partial charge in [-0.25, -0.2) is 14.4 Å². The molecule has 6 heteroatoms. The third-order valence-electron chi connectivity index (χ3n) is 1.71. The van der Waals surface area contributed by atoms with Gasteiger partial charge in [0.2, 0.25) is 5.95 Å². The Morgan fingerprint density at radius 2 is 2.27 bits per heavy atom. The van der Waals surface area contributed by atoms with Crippen molar-refractivity contribution in [2.45, 2.75) is 5.03 Å². The van der Waals surface area contributed by atoms with Crippen molar-refractivity contribution in [2.75, 3.05) is 38.8 Å². The molecule has 0 fully saturated rings. The number of halogens is 1. The first-order valence-corrected chi connectivity index (χ1v) is 5.60. The number of hydrogen-bond donors (Lipinski definition) is 1. The summed E-state index contributed by atoms with van der Waals surface area (Å²) in [7, 11) is 5.67. The van der Waals surface area contributed by atoms with Gasteiger partial charge in [-0.2, -0.15) is 0 Å². The number of rotatable bonds is 5. The lowest BCUT2D eigenvalue weighted by Crippen LogP contribution is -2.15. The van der Waals surface area contributed by atoms with E-state index in [4.69, 9.17) is 0 Å². The molecule has 1 rings (SSSR count). The molecule has 1 aromatic rings. The summed E-state index contributed by atoms with van der Waals surface area (Å²) in [6.07, 6.45) is 1.19. The minimum absolute atomic E-state index is 0.363. The van der Waals surface area contributed by atoms with Gasteiger partial charge in [-0.1, -0.05) is 0 Å². The maximum Gasteiger partial charge on any atom is 0.223 e. The summed E-state index contributed by atoms with van der Waals surface area (Å²) in [5.74, 6) is 0.894. The fraction of sp³-hybridized carbons (Fsp3) is 0.556. The Hall–Kier alpha value is -0.880. The first kappa shape index (κ1) is 12.2. The molecule has 0 aliphatic rings. The van der Waals surface area contributed by atoms with Gasteiger partial charge in [-0.15, -0.1) is 11.8 Å². The molecule has 0 aromatic carbocycles. The SMILES string of the molecule is CNc1ncc(F)c(SCCN(C)C)n1. The van der Waals surface area contributed by atoms with Crippen LogP contribution in [-0.2, 0) is 0 Å². The summed E-state index contributed by atoms with van der Waals surface area (Å²) in [6, 6.07) is 0. The molecule has 0 atom stereocenters. The fourth-order valence-electron chi connectivity index (χ4n) is 0.898. The van der Waals surface area contributed by atoms with Crippen LogP contribution >= 0.6 is 11.8 Å². The zero-order valence-corrected chi connectivity index (χ0v) is 9.94.